The summed E-state index contributed by atoms with van der Waals surface area (Å²) in [6.07, 6.45) is 7.56. The Morgan fingerprint density at radius 2 is 2.04 bits per heavy atom. The van der Waals surface area contributed by atoms with Crippen molar-refractivity contribution in [2.45, 2.75) is 63.3 Å². The number of rotatable bonds is 6. The highest BCUT2D eigenvalue weighted by atomic mass is 16.5. The Morgan fingerprint density at radius 1 is 1.27 bits per heavy atom. The lowest BCUT2D eigenvalue weighted by Crippen LogP contribution is -2.45. The van der Waals surface area contributed by atoms with Gasteiger partial charge in [0.2, 0.25) is 0 Å². The standard InChI is InChI=1S/C21H29N3O2/c1-16-21(25,11-12-26-16)15-22-13-18-14-23-24(19-9-5-6-10-19)20(18)17-7-3-2-4-8-17/h2-4,7-8,14,16,19,22,25H,5-6,9-13,15H2,1H3. The monoisotopic (exact) mass is 355 g/mol. The van der Waals surface area contributed by atoms with Gasteiger partial charge < -0.3 is 15.2 Å². The Balaban J connectivity index is 1.54. The molecule has 1 saturated heterocycles. The van der Waals surface area contributed by atoms with Gasteiger partial charge in [0.1, 0.15) is 5.60 Å². The van der Waals surface area contributed by atoms with Crippen molar-refractivity contribution >= 4 is 0 Å². The second-order valence-corrected chi connectivity index (χ2v) is 7.74. The molecule has 1 aliphatic heterocycles. The van der Waals surface area contributed by atoms with Crippen LogP contribution in [0, 0.1) is 0 Å². The van der Waals surface area contributed by atoms with Gasteiger partial charge in [-0.2, -0.15) is 5.10 Å². The number of nitrogens with one attached hydrogen (secondary N) is 1. The van der Waals surface area contributed by atoms with Crippen LogP contribution in [0.1, 0.15) is 50.6 Å². The molecule has 1 aliphatic carbocycles. The largest absolute Gasteiger partial charge is 0.386 e. The molecule has 26 heavy (non-hydrogen) atoms. The van der Waals surface area contributed by atoms with Crippen LogP contribution in [0.25, 0.3) is 11.3 Å². The number of nitrogens with zero attached hydrogens (tertiary/aromatic N) is 2. The molecule has 0 bridgehead atoms. The first-order valence-corrected chi connectivity index (χ1v) is 9.84. The predicted octanol–water partition coefficient (Wildman–Crippen LogP) is 3.29. The summed E-state index contributed by atoms with van der Waals surface area (Å²) in [4.78, 5) is 0. The molecule has 5 heteroatoms. The summed E-state index contributed by atoms with van der Waals surface area (Å²) >= 11 is 0. The Morgan fingerprint density at radius 3 is 2.73 bits per heavy atom. The molecule has 1 saturated carbocycles. The first-order chi connectivity index (χ1) is 12.7. The van der Waals surface area contributed by atoms with Crippen LogP contribution in [0.15, 0.2) is 36.5 Å². The third-order valence-electron chi connectivity index (χ3n) is 6.00. The van der Waals surface area contributed by atoms with Crippen molar-refractivity contribution in [3.63, 3.8) is 0 Å². The van der Waals surface area contributed by atoms with Crippen molar-refractivity contribution in [1.29, 1.82) is 0 Å². The van der Waals surface area contributed by atoms with Crippen LogP contribution in [0.3, 0.4) is 0 Å². The lowest BCUT2D eigenvalue weighted by molar-refractivity contribution is -0.0262. The van der Waals surface area contributed by atoms with E-state index < -0.39 is 5.60 Å². The zero-order valence-electron chi connectivity index (χ0n) is 15.5. The molecule has 140 valence electrons. The van der Waals surface area contributed by atoms with E-state index in [9.17, 15) is 5.11 Å². The van der Waals surface area contributed by atoms with Crippen LogP contribution in [-0.4, -0.2) is 39.7 Å². The van der Waals surface area contributed by atoms with E-state index in [0.717, 1.165) is 0 Å². The fourth-order valence-corrected chi connectivity index (χ4v) is 4.28. The van der Waals surface area contributed by atoms with Gasteiger partial charge in [-0.05, 0) is 19.8 Å². The van der Waals surface area contributed by atoms with Gasteiger partial charge in [0.25, 0.3) is 0 Å². The first-order valence-electron chi connectivity index (χ1n) is 9.84. The SMILES string of the molecule is CC1OCCC1(O)CNCc1cnn(C2CCCC2)c1-c1ccccc1. The smallest absolute Gasteiger partial charge is 0.105 e. The molecule has 2 atom stereocenters. The molecule has 1 aromatic heterocycles. The average molecular weight is 355 g/mol. The molecule has 2 aliphatic rings. The minimum Gasteiger partial charge on any atom is -0.386 e. The van der Waals surface area contributed by atoms with Crippen molar-refractivity contribution in [3.8, 4) is 11.3 Å². The van der Waals surface area contributed by atoms with E-state index in [2.05, 4.69) is 40.3 Å². The Kier molecular flexibility index (Phi) is 5.11. The Labute approximate surface area is 155 Å². The van der Waals surface area contributed by atoms with Gasteiger partial charge in [-0.1, -0.05) is 43.2 Å². The summed E-state index contributed by atoms with van der Waals surface area (Å²) in [5.41, 5.74) is 2.85. The highest BCUT2D eigenvalue weighted by Crippen LogP contribution is 2.34. The Hall–Kier alpha value is -1.69. The summed E-state index contributed by atoms with van der Waals surface area (Å²) in [6.45, 7) is 3.82. The molecule has 4 rings (SSSR count). The zero-order valence-corrected chi connectivity index (χ0v) is 15.5. The van der Waals surface area contributed by atoms with E-state index in [1.165, 1.54) is 42.5 Å². The van der Waals surface area contributed by atoms with Crippen LogP contribution in [0.5, 0.6) is 0 Å². The molecule has 0 radical (unpaired) electrons. The van der Waals surface area contributed by atoms with Crippen LogP contribution in [-0.2, 0) is 11.3 Å². The molecule has 2 aromatic rings. The van der Waals surface area contributed by atoms with E-state index in [1.54, 1.807) is 0 Å². The maximum absolute atomic E-state index is 10.7. The second-order valence-electron chi connectivity index (χ2n) is 7.74. The van der Waals surface area contributed by atoms with Crippen molar-refractivity contribution in [3.05, 3.63) is 42.1 Å². The average Bonchev–Trinajstić information content (AvgIpc) is 3.37. The predicted molar refractivity (Wildman–Crippen MR) is 102 cm³/mol. The third kappa shape index (κ3) is 3.43. The molecule has 0 spiro atoms. The van der Waals surface area contributed by atoms with E-state index in [1.807, 2.05) is 13.1 Å². The fourth-order valence-electron chi connectivity index (χ4n) is 4.28. The lowest BCUT2D eigenvalue weighted by Gasteiger charge is -2.26. The molecular formula is C21H29N3O2. The number of ether oxygens (including phenoxy) is 1. The molecule has 5 nitrogen and oxygen atoms in total. The number of aromatic nitrogens is 2. The summed E-state index contributed by atoms with van der Waals surface area (Å²) < 4.78 is 7.76. The van der Waals surface area contributed by atoms with Gasteiger partial charge in [0, 0.05) is 37.2 Å². The maximum Gasteiger partial charge on any atom is 0.105 e. The minimum atomic E-state index is -0.769. The van der Waals surface area contributed by atoms with Gasteiger partial charge in [-0.15, -0.1) is 0 Å². The number of hydrogen-bond acceptors (Lipinski definition) is 4. The zero-order chi connectivity index (χ0) is 18.0. The van der Waals surface area contributed by atoms with Crippen LogP contribution in [0.2, 0.25) is 0 Å². The highest BCUT2D eigenvalue weighted by molar-refractivity contribution is 5.63. The summed E-state index contributed by atoms with van der Waals surface area (Å²) in [5, 5.41) is 18.9. The van der Waals surface area contributed by atoms with E-state index in [-0.39, 0.29) is 6.10 Å². The molecule has 0 amide bonds. The molecule has 2 unspecified atom stereocenters. The molecular weight excluding hydrogens is 326 g/mol. The summed E-state index contributed by atoms with van der Waals surface area (Å²) in [6, 6.07) is 11.0. The summed E-state index contributed by atoms with van der Waals surface area (Å²) in [7, 11) is 0. The second kappa shape index (κ2) is 7.51. The number of aliphatic hydroxyl groups is 1. The van der Waals surface area contributed by atoms with Gasteiger partial charge in [0.15, 0.2) is 0 Å². The fraction of sp³-hybridized carbons (Fsp3) is 0.571. The highest BCUT2D eigenvalue weighted by Gasteiger charge is 2.39. The van der Waals surface area contributed by atoms with Crippen molar-refractivity contribution < 1.29 is 9.84 Å². The van der Waals surface area contributed by atoms with E-state index in [4.69, 9.17) is 9.84 Å². The quantitative estimate of drug-likeness (QED) is 0.835. The van der Waals surface area contributed by atoms with Crippen molar-refractivity contribution in [1.82, 2.24) is 15.1 Å². The topological polar surface area (TPSA) is 59.3 Å². The van der Waals surface area contributed by atoms with Gasteiger partial charge >= 0.3 is 0 Å². The molecule has 2 N–H and O–H groups in total. The normalized spacial score (nSPS) is 26.6. The van der Waals surface area contributed by atoms with Crippen LogP contribution < -0.4 is 5.32 Å². The number of benzene rings is 1. The molecule has 2 fully saturated rings. The summed E-state index contributed by atoms with van der Waals surface area (Å²) in [5.74, 6) is 0. The van der Waals surface area contributed by atoms with Crippen molar-refractivity contribution in [2.24, 2.45) is 0 Å². The molecule has 1 aromatic carbocycles. The van der Waals surface area contributed by atoms with E-state index in [0.29, 0.717) is 32.2 Å². The van der Waals surface area contributed by atoms with E-state index >= 15 is 0 Å². The first kappa shape index (κ1) is 17.7. The van der Waals surface area contributed by atoms with Gasteiger partial charge in [-0.3, -0.25) is 4.68 Å². The maximum atomic E-state index is 10.7. The molecule has 2 heterocycles. The van der Waals surface area contributed by atoms with Crippen LogP contribution in [0.4, 0.5) is 0 Å². The Bertz CT molecular complexity index is 724. The lowest BCUT2D eigenvalue weighted by atomic mass is 9.96. The van der Waals surface area contributed by atoms with Crippen LogP contribution >= 0.6 is 0 Å². The van der Waals surface area contributed by atoms with Gasteiger partial charge in [0.05, 0.1) is 24.0 Å². The number of hydrogen-bond donors (Lipinski definition) is 2. The van der Waals surface area contributed by atoms with Gasteiger partial charge in [-0.25, -0.2) is 0 Å². The van der Waals surface area contributed by atoms with Crippen molar-refractivity contribution in [2.75, 3.05) is 13.2 Å². The minimum absolute atomic E-state index is 0.121. The third-order valence-corrected chi connectivity index (χ3v) is 6.00.